The summed E-state index contributed by atoms with van der Waals surface area (Å²) >= 11 is 0. The quantitative estimate of drug-likeness (QED) is 0.788. The minimum Gasteiger partial charge on any atom is -0.492 e. The van der Waals surface area contributed by atoms with Crippen molar-refractivity contribution in [2.75, 3.05) is 11.9 Å². The molecule has 1 atom stereocenters. The second-order valence-electron chi connectivity index (χ2n) is 5.26. The van der Waals surface area contributed by atoms with Gasteiger partial charge in [-0.3, -0.25) is 9.59 Å². The van der Waals surface area contributed by atoms with E-state index in [1.807, 2.05) is 19.1 Å². The number of rotatable bonds is 7. The van der Waals surface area contributed by atoms with Gasteiger partial charge < -0.3 is 14.8 Å². The van der Waals surface area contributed by atoms with Gasteiger partial charge in [-0.15, -0.1) is 0 Å². The van der Waals surface area contributed by atoms with Gasteiger partial charge in [0.25, 0.3) is 5.91 Å². The van der Waals surface area contributed by atoms with Crippen LogP contribution >= 0.6 is 0 Å². The molecule has 0 aromatic heterocycles. The molecule has 1 unspecified atom stereocenters. The van der Waals surface area contributed by atoms with Crippen molar-refractivity contribution in [1.82, 2.24) is 0 Å². The van der Waals surface area contributed by atoms with Gasteiger partial charge in [0, 0.05) is 5.56 Å². The smallest absolute Gasteiger partial charge is 0.265 e. The Kier molecular flexibility index (Phi) is 5.95. The highest BCUT2D eigenvalue weighted by molar-refractivity contribution is 5.96. The predicted octanol–water partition coefficient (Wildman–Crippen LogP) is 3.69. The van der Waals surface area contributed by atoms with E-state index in [1.165, 1.54) is 6.92 Å². The number of hydrogen-bond acceptors (Lipinski definition) is 4. The summed E-state index contributed by atoms with van der Waals surface area (Å²) in [4.78, 5) is 23.7. The monoisotopic (exact) mass is 327 g/mol. The van der Waals surface area contributed by atoms with Crippen molar-refractivity contribution in [1.29, 1.82) is 0 Å². The summed E-state index contributed by atoms with van der Waals surface area (Å²) in [6.07, 6.45) is -0.720. The van der Waals surface area contributed by atoms with Crippen LogP contribution in [0.3, 0.4) is 0 Å². The minimum atomic E-state index is -0.720. The number of benzene rings is 2. The molecule has 0 fully saturated rings. The van der Waals surface area contributed by atoms with E-state index >= 15 is 0 Å². The predicted molar refractivity (Wildman–Crippen MR) is 92.8 cm³/mol. The SMILES string of the molecule is CCOc1ccccc1NC(=O)C(C)Oc1cccc(C(C)=O)c1. The van der Waals surface area contributed by atoms with Crippen molar-refractivity contribution in [3.05, 3.63) is 54.1 Å². The first-order valence-electron chi connectivity index (χ1n) is 7.81. The van der Waals surface area contributed by atoms with Crippen LogP contribution < -0.4 is 14.8 Å². The molecule has 2 aromatic rings. The summed E-state index contributed by atoms with van der Waals surface area (Å²) < 4.78 is 11.1. The Bertz CT molecular complexity index is 727. The lowest BCUT2D eigenvalue weighted by Crippen LogP contribution is -2.30. The molecule has 0 aliphatic heterocycles. The molecular formula is C19H21NO4. The maximum atomic E-state index is 12.3. The lowest BCUT2D eigenvalue weighted by atomic mass is 10.1. The first-order chi connectivity index (χ1) is 11.5. The molecule has 0 saturated carbocycles. The number of carbonyl (C=O) groups is 2. The molecule has 24 heavy (non-hydrogen) atoms. The molecule has 5 nitrogen and oxygen atoms in total. The van der Waals surface area contributed by atoms with Gasteiger partial charge in [0.05, 0.1) is 12.3 Å². The third-order valence-electron chi connectivity index (χ3n) is 3.37. The number of ether oxygens (including phenoxy) is 2. The van der Waals surface area contributed by atoms with Crippen LogP contribution in [0.2, 0.25) is 0 Å². The fourth-order valence-corrected chi connectivity index (χ4v) is 2.13. The Hall–Kier alpha value is -2.82. The van der Waals surface area contributed by atoms with Crippen molar-refractivity contribution in [3.8, 4) is 11.5 Å². The van der Waals surface area contributed by atoms with E-state index in [1.54, 1.807) is 43.3 Å². The Morgan fingerprint density at radius 1 is 1.12 bits per heavy atom. The average Bonchev–Trinajstić information content (AvgIpc) is 2.57. The summed E-state index contributed by atoms with van der Waals surface area (Å²) in [7, 11) is 0. The first kappa shape index (κ1) is 17.5. The van der Waals surface area contributed by atoms with Crippen LogP contribution in [0.25, 0.3) is 0 Å². The molecule has 0 aliphatic carbocycles. The van der Waals surface area contributed by atoms with E-state index in [4.69, 9.17) is 9.47 Å². The van der Waals surface area contributed by atoms with E-state index in [-0.39, 0.29) is 11.7 Å². The molecule has 2 rings (SSSR count). The highest BCUT2D eigenvalue weighted by atomic mass is 16.5. The maximum Gasteiger partial charge on any atom is 0.265 e. The largest absolute Gasteiger partial charge is 0.492 e. The van der Waals surface area contributed by atoms with Gasteiger partial charge in [-0.1, -0.05) is 24.3 Å². The number of nitrogens with one attached hydrogen (secondary N) is 1. The Morgan fingerprint density at radius 3 is 2.58 bits per heavy atom. The van der Waals surface area contributed by atoms with Gasteiger partial charge in [0.2, 0.25) is 0 Å². The Balaban J connectivity index is 2.05. The molecule has 0 heterocycles. The summed E-state index contributed by atoms with van der Waals surface area (Å²) in [5.74, 6) is 0.737. The third-order valence-corrected chi connectivity index (χ3v) is 3.37. The molecule has 126 valence electrons. The zero-order chi connectivity index (χ0) is 17.5. The van der Waals surface area contributed by atoms with Crippen molar-refractivity contribution in [3.63, 3.8) is 0 Å². The van der Waals surface area contributed by atoms with Crippen molar-refractivity contribution >= 4 is 17.4 Å². The van der Waals surface area contributed by atoms with Crippen LogP contribution in [-0.2, 0) is 4.79 Å². The summed E-state index contributed by atoms with van der Waals surface area (Å²) in [5, 5.41) is 2.80. The number of hydrogen-bond donors (Lipinski definition) is 1. The van der Waals surface area contributed by atoms with E-state index in [0.717, 1.165) is 0 Å². The lowest BCUT2D eigenvalue weighted by Gasteiger charge is -2.16. The van der Waals surface area contributed by atoms with Gasteiger partial charge in [-0.05, 0) is 45.0 Å². The van der Waals surface area contributed by atoms with Gasteiger partial charge in [-0.2, -0.15) is 0 Å². The number of para-hydroxylation sites is 2. The van der Waals surface area contributed by atoms with Crippen molar-refractivity contribution < 1.29 is 19.1 Å². The molecule has 0 bridgehead atoms. The van der Waals surface area contributed by atoms with Crippen molar-refractivity contribution in [2.45, 2.75) is 26.9 Å². The number of Topliss-reactive ketones (excluding diaryl/α,β-unsaturated/α-hetero) is 1. The van der Waals surface area contributed by atoms with E-state index < -0.39 is 6.10 Å². The van der Waals surface area contributed by atoms with E-state index in [2.05, 4.69) is 5.32 Å². The topological polar surface area (TPSA) is 64.6 Å². The van der Waals surface area contributed by atoms with Gasteiger partial charge in [-0.25, -0.2) is 0 Å². The van der Waals surface area contributed by atoms with Crippen LogP contribution in [0.15, 0.2) is 48.5 Å². The molecule has 0 spiro atoms. The number of anilines is 1. The highest BCUT2D eigenvalue weighted by Gasteiger charge is 2.17. The normalized spacial score (nSPS) is 11.5. The van der Waals surface area contributed by atoms with Gasteiger partial charge in [0.1, 0.15) is 11.5 Å². The molecular weight excluding hydrogens is 306 g/mol. The second kappa shape index (κ2) is 8.15. The van der Waals surface area contributed by atoms with Crippen LogP contribution in [-0.4, -0.2) is 24.4 Å². The third kappa shape index (κ3) is 4.59. The van der Waals surface area contributed by atoms with Gasteiger partial charge >= 0.3 is 0 Å². The van der Waals surface area contributed by atoms with Crippen LogP contribution in [0, 0.1) is 0 Å². The van der Waals surface area contributed by atoms with Gasteiger partial charge in [0.15, 0.2) is 11.9 Å². The summed E-state index contributed by atoms with van der Waals surface area (Å²) in [6, 6.07) is 14.0. The Labute approximate surface area is 141 Å². The van der Waals surface area contributed by atoms with Crippen LogP contribution in [0.5, 0.6) is 11.5 Å². The average molecular weight is 327 g/mol. The van der Waals surface area contributed by atoms with Crippen molar-refractivity contribution in [2.24, 2.45) is 0 Å². The molecule has 0 saturated heterocycles. The highest BCUT2D eigenvalue weighted by Crippen LogP contribution is 2.24. The minimum absolute atomic E-state index is 0.0526. The number of carbonyl (C=O) groups excluding carboxylic acids is 2. The molecule has 5 heteroatoms. The maximum absolute atomic E-state index is 12.3. The molecule has 0 radical (unpaired) electrons. The van der Waals surface area contributed by atoms with E-state index in [0.29, 0.717) is 29.4 Å². The summed E-state index contributed by atoms with van der Waals surface area (Å²) in [5.41, 5.74) is 1.14. The fourth-order valence-electron chi connectivity index (χ4n) is 2.13. The molecule has 1 N–H and O–H groups in total. The van der Waals surface area contributed by atoms with E-state index in [9.17, 15) is 9.59 Å². The number of amides is 1. The fraction of sp³-hybridized carbons (Fsp3) is 0.263. The van der Waals surface area contributed by atoms with Crippen LogP contribution in [0.1, 0.15) is 31.1 Å². The Morgan fingerprint density at radius 2 is 1.88 bits per heavy atom. The lowest BCUT2D eigenvalue weighted by molar-refractivity contribution is -0.122. The standard InChI is InChI=1S/C19H21NO4/c1-4-23-18-11-6-5-10-17(18)20-19(22)14(3)24-16-9-7-8-15(12-16)13(2)21/h5-12,14H,4H2,1-3H3,(H,20,22). The molecule has 0 aliphatic rings. The molecule has 1 amide bonds. The summed E-state index contributed by atoms with van der Waals surface area (Å²) in [6.45, 7) is 5.53. The first-order valence-corrected chi connectivity index (χ1v) is 7.81. The zero-order valence-corrected chi connectivity index (χ0v) is 14.0. The zero-order valence-electron chi connectivity index (χ0n) is 14.0. The second-order valence-corrected chi connectivity index (χ2v) is 5.26. The molecule has 2 aromatic carbocycles. The van der Waals surface area contributed by atoms with Crippen LogP contribution in [0.4, 0.5) is 5.69 Å². The number of ketones is 1.